The molecule has 1 atom stereocenters. The van der Waals surface area contributed by atoms with Crippen molar-refractivity contribution in [1.29, 1.82) is 0 Å². The molecule has 4 nitrogen and oxygen atoms in total. The van der Waals surface area contributed by atoms with Crippen LogP contribution >= 0.6 is 0 Å². The molecular weight excluding hydrogens is 358 g/mol. The molecule has 0 radical (unpaired) electrons. The van der Waals surface area contributed by atoms with E-state index in [1.54, 1.807) is 0 Å². The van der Waals surface area contributed by atoms with Crippen LogP contribution in [0.5, 0.6) is 5.75 Å². The van der Waals surface area contributed by atoms with Crippen LogP contribution in [0, 0.1) is 0 Å². The lowest BCUT2D eigenvalue weighted by Gasteiger charge is -2.39. The molecule has 1 aliphatic rings. The van der Waals surface area contributed by atoms with Gasteiger partial charge in [0.25, 0.3) is 0 Å². The second-order valence-corrected chi connectivity index (χ2v) is 10.5. The number of phenols is 1. The second kappa shape index (κ2) is 8.08. The molecule has 1 aliphatic heterocycles. The van der Waals surface area contributed by atoms with Gasteiger partial charge < -0.3 is 10.0 Å². The van der Waals surface area contributed by atoms with E-state index in [4.69, 9.17) is 4.98 Å². The molecule has 0 saturated carbocycles. The standard InChI is InChI=1S/C25H37N3O/c1-24(2,3)19-16-18(17-20(23(19)29)25(4,5)6)22(21-10-8-9-11-26-21)28-14-12-27(7)13-15-28/h8-11,16-17,22,29H,12-15H2,1-7H3. The van der Waals surface area contributed by atoms with E-state index in [1.165, 1.54) is 5.56 Å². The van der Waals surface area contributed by atoms with Crippen molar-refractivity contribution >= 4 is 0 Å². The van der Waals surface area contributed by atoms with Gasteiger partial charge in [0.1, 0.15) is 5.75 Å². The van der Waals surface area contributed by atoms with Crippen molar-refractivity contribution < 1.29 is 5.11 Å². The van der Waals surface area contributed by atoms with Crippen molar-refractivity contribution in [3.05, 3.63) is 58.9 Å². The van der Waals surface area contributed by atoms with Crippen molar-refractivity contribution in [3.63, 3.8) is 0 Å². The highest BCUT2D eigenvalue weighted by atomic mass is 16.3. The van der Waals surface area contributed by atoms with Crippen LogP contribution in [0.15, 0.2) is 36.5 Å². The molecule has 2 aromatic rings. The number of aromatic hydroxyl groups is 1. The number of benzene rings is 1. The van der Waals surface area contributed by atoms with Crippen molar-refractivity contribution in [3.8, 4) is 5.75 Å². The van der Waals surface area contributed by atoms with Crippen LogP contribution in [-0.2, 0) is 10.8 Å². The maximum Gasteiger partial charge on any atom is 0.123 e. The van der Waals surface area contributed by atoms with Gasteiger partial charge in [-0.05, 0) is 58.8 Å². The third-order valence-corrected chi connectivity index (χ3v) is 5.93. The minimum atomic E-state index is -0.142. The van der Waals surface area contributed by atoms with Gasteiger partial charge in [-0.15, -0.1) is 0 Å². The normalized spacial score (nSPS) is 18.0. The molecule has 1 fully saturated rings. The zero-order valence-corrected chi connectivity index (χ0v) is 19.2. The topological polar surface area (TPSA) is 39.6 Å². The van der Waals surface area contributed by atoms with Crippen LogP contribution in [0.2, 0.25) is 0 Å². The molecule has 2 heterocycles. The van der Waals surface area contributed by atoms with E-state index in [0.717, 1.165) is 43.0 Å². The summed E-state index contributed by atoms with van der Waals surface area (Å²) in [6.07, 6.45) is 1.88. The fourth-order valence-corrected chi connectivity index (χ4v) is 4.14. The zero-order valence-electron chi connectivity index (χ0n) is 19.2. The smallest absolute Gasteiger partial charge is 0.123 e. The molecule has 158 valence electrons. The van der Waals surface area contributed by atoms with Crippen LogP contribution in [-0.4, -0.2) is 53.1 Å². The molecule has 0 aliphatic carbocycles. The number of likely N-dealkylation sites (N-methyl/N-ethyl adjacent to an activating group) is 1. The number of hydrogen-bond acceptors (Lipinski definition) is 4. The number of pyridine rings is 1. The van der Waals surface area contributed by atoms with Gasteiger partial charge in [0.2, 0.25) is 0 Å². The minimum Gasteiger partial charge on any atom is -0.507 e. The molecule has 1 unspecified atom stereocenters. The Kier molecular flexibility index (Phi) is 6.07. The van der Waals surface area contributed by atoms with E-state index in [0.29, 0.717) is 5.75 Å². The molecule has 1 aromatic heterocycles. The van der Waals surface area contributed by atoms with E-state index in [2.05, 4.69) is 82.7 Å². The average Bonchev–Trinajstić information content (AvgIpc) is 2.63. The summed E-state index contributed by atoms with van der Waals surface area (Å²) in [6, 6.07) is 10.7. The molecule has 4 heteroatoms. The Hall–Kier alpha value is -1.91. The largest absolute Gasteiger partial charge is 0.507 e. The fourth-order valence-electron chi connectivity index (χ4n) is 4.14. The maximum absolute atomic E-state index is 11.1. The number of piperazine rings is 1. The number of nitrogens with zero attached hydrogens (tertiary/aromatic N) is 3. The molecule has 29 heavy (non-hydrogen) atoms. The monoisotopic (exact) mass is 395 g/mol. The molecular formula is C25H37N3O. The van der Waals surface area contributed by atoms with Crippen LogP contribution in [0.25, 0.3) is 0 Å². The Labute approximate surface area is 176 Å². The first-order chi connectivity index (χ1) is 13.5. The molecule has 0 bridgehead atoms. The number of phenolic OH excluding ortho intramolecular Hbond substituents is 1. The number of aromatic nitrogens is 1. The maximum atomic E-state index is 11.1. The highest BCUT2D eigenvalue weighted by Gasteiger charge is 2.32. The minimum absolute atomic E-state index is 0.0905. The molecule has 0 spiro atoms. The lowest BCUT2D eigenvalue weighted by Crippen LogP contribution is -2.46. The summed E-state index contributed by atoms with van der Waals surface area (Å²) >= 11 is 0. The van der Waals surface area contributed by atoms with Crippen LogP contribution < -0.4 is 0 Å². The number of rotatable bonds is 3. The summed E-state index contributed by atoms with van der Waals surface area (Å²) in [4.78, 5) is 9.65. The van der Waals surface area contributed by atoms with Gasteiger partial charge in [-0.2, -0.15) is 0 Å². The summed E-state index contributed by atoms with van der Waals surface area (Å²) in [6.45, 7) is 17.2. The van der Waals surface area contributed by atoms with E-state index >= 15 is 0 Å². The van der Waals surface area contributed by atoms with E-state index in [-0.39, 0.29) is 16.9 Å². The van der Waals surface area contributed by atoms with Crippen LogP contribution in [0.1, 0.15) is 70.0 Å². The third kappa shape index (κ3) is 4.81. The molecule has 0 amide bonds. The molecule has 1 aromatic carbocycles. The Morgan fingerprint density at radius 2 is 1.45 bits per heavy atom. The van der Waals surface area contributed by atoms with Gasteiger partial charge in [0, 0.05) is 32.4 Å². The van der Waals surface area contributed by atoms with E-state index in [9.17, 15) is 5.11 Å². The van der Waals surface area contributed by atoms with Crippen molar-refractivity contribution in [2.24, 2.45) is 0 Å². The molecule has 1 saturated heterocycles. The Bertz CT molecular complexity index is 790. The fraction of sp³-hybridized carbons (Fsp3) is 0.560. The molecule has 3 rings (SSSR count). The summed E-state index contributed by atoms with van der Waals surface area (Å²) in [7, 11) is 2.18. The summed E-state index contributed by atoms with van der Waals surface area (Å²) in [5.41, 5.74) is 4.03. The van der Waals surface area contributed by atoms with Gasteiger partial charge in [-0.1, -0.05) is 47.6 Å². The Morgan fingerprint density at radius 3 is 1.90 bits per heavy atom. The molecule has 1 N–H and O–H groups in total. The Morgan fingerprint density at radius 1 is 0.897 bits per heavy atom. The van der Waals surface area contributed by atoms with Crippen LogP contribution in [0.4, 0.5) is 0 Å². The lowest BCUT2D eigenvalue weighted by atomic mass is 9.77. The van der Waals surface area contributed by atoms with Gasteiger partial charge in [-0.25, -0.2) is 0 Å². The first kappa shape index (κ1) is 21.8. The van der Waals surface area contributed by atoms with Gasteiger partial charge >= 0.3 is 0 Å². The van der Waals surface area contributed by atoms with E-state index < -0.39 is 0 Å². The van der Waals surface area contributed by atoms with Crippen molar-refractivity contribution in [1.82, 2.24) is 14.8 Å². The zero-order chi connectivity index (χ0) is 21.4. The second-order valence-electron chi connectivity index (χ2n) is 10.5. The summed E-state index contributed by atoms with van der Waals surface area (Å²) < 4.78 is 0. The Balaban J connectivity index is 2.19. The highest BCUT2D eigenvalue weighted by molar-refractivity contribution is 5.51. The summed E-state index contributed by atoms with van der Waals surface area (Å²) in [5, 5.41) is 11.1. The first-order valence-corrected chi connectivity index (χ1v) is 10.7. The SMILES string of the molecule is CN1CCN(C(c2cc(C(C)(C)C)c(O)c(C(C)(C)C)c2)c2ccccn2)CC1. The third-order valence-electron chi connectivity index (χ3n) is 5.93. The highest BCUT2D eigenvalue weighted by Crippen LogP contribution is 2.42. The van der Waals surface area contributed by atoms with E-state index in [1.807, 2.05) is 12.3 Å². The van der Waals surface area contributed by atoms with Crippen molar-refractivity contribution in [2.45, 2.75) is 58.4 Å². The van der Waals surface area contributed by atoms with Gasteiger partial charge in [0.05, 0.1) is 11.7 Å². The van der Waals surface area contributed by atoms with Gasteiger partial charge in [-0.3, -0.25) is 9.88 Å². The lowest BCUT2D eigenvalue weighted by molar-refractivity contribution is 0.125. The van der Waals surface area contributed by atoms with Crippen molar-refractivity contribution in [2.75, 3.05) is 33.2 Å². The average molecular weight is 396 g/mol. The predicted molar refractivity (Wildman–Crippen MR) is 121 cm³/mol. The van der Waals surface area contributed by atoms with Gasteiger partial charge in [0.15, 0.2) is 0 Å². The van der Waals surface area contributed by atoms with Crippen LogP contribution in [0.3, 0.4) is 0 Å². The summed E-state index contributed by atoms with van der Waals surface area (Å²) in [5.74, 6) is 0.437. The number of hydrogen-bond donors (Lipinski definition) is 1. The predicted octanol–water partition coefficient (Wildman–Crippen LogP) is 4.72. The quantitative estimate of drug-likeness (QED) is 0.816. The first-order valence-electron chi connectivity index (χ1n) is 10.7.